The molecule has 1 N–H and O–H groups in total. The molecule has 1 aliphatic heterocycles. The van der Waals surface area contributed by atoms with Crippen molar-refractivity contribution in [3.05, 3.63) is 17.5 Å². The number of hydrogen-bond donors (Lipinski definition) is 1. The van der Waals surface area contributed by atoms with Crippen LogP contribution in [0.1, 0.15) is 35.3 Å². The number of carbonyl (C=O) groups excluding carboxylic acids is 1. The molecule has 0 spiro atoms. The molecule has 1 aromatic rings. The van der Waals surface area contributed by atoms with E-state index in [0.29, 0.717) is 6.04 Å². The maximum Gasteiger partial charge on any atom is 0.257 e. The van der Waals surface area contributed by atoms with Crippen LogP contribution >= 0.6 is 0 Å². The minimum Gasteiger partial charge on any atom is -0.335 e. The molecule has 4 nitrogen and oxygen atoms in total. The lowest BCUT2D eigenvalue weighted by atomic mass is 10.1. The summed E-state index contributed by atoms with van der Waals surface area (Å²) in [6.45, 7) is 2.85. The van der Waals surface area contributed by atoms with Crippen LogP contribution in [0.4, 0.5) is 0 Å². The molecule has 15 heavy (non-hydrogen) atoms. The van der Waals surface area contributed by atoms with Crippen molar-refractivity contribution in [2.45, 2.75) is 32.2 Å². The number of aromatic nitrogens is 2. The lowest BCUT2D eigenvalue weighted by molar-refractivity contribution is 0.0703. The van der Waals surface area contributed by atoms with Crippen LogP contribution in [0.3, 0.4) is 0 Å². The van der Waals surface area contributed by atoms with E-state index in [-0.39, 0.29) is 5.91 Å². The summed E-state index contributed by atoms with van der Waals surface area (Å²) >= 11 is 0. The largest absolute Gasteiger partial charge is 0.335 e. The first-order valence-electron chi connectivity index (χ1n) is 5.56. The maximum absolute atomic E-state index is 12.2. The van der Waals surface area contributed by atoms with Gasteiger partial charge in [0.05, 0.1) is 11.8 Å². The molecular weight excluding hydrogens is 190 g/mol. The number of piperidine rings is 1. The molecule has 2 bridgehead atoms. The number of nitrogens with one attached hydrogen (secondary N) is 1. The fraction of sp³-hybridized carbons (Fsp3) is 0.636. The Morgan fingerprint density at radius 2 is 2.47 bits per heavy atom. The smallest absolute Gasteiger partial charge is 0.257 e. The average Bonchev–Trinajstić information content (AvgIpc) is 2.91. The third kappa shape index (κ3) is 1.28. The van der Waals surface area contributed by atoms with Crippen molar-refractivity contribution in [1.29, 1.82) is 0 Å². The number of fused-ring (bicyclic) bond motifs is 2. The molecule has 1 saturated heterocycles. The number of nitrogens with zero attached hydrogens (tertiary/aromatic N) is 2. The molecule has 4 heteroatoms. The van der Waals surface area contributed by atoms with Gasteiger partial charge in [-0.15, -0.1) is 0 Å². The zero-order valence-electron chi connectivity index (χ0n) is 8.86. The third-order valence-electron chi connectivity index (χ3n) is 3.73. The van der Waals surface area contributed by atoms with Gasteiger partial charge in [-0.3, -0.25) is 9.89 Å². The van der Waals surface area contributed by atoms with Gasteiger partial charge in [0.2, 0.25) is 0 Å². The standard InChI is InChI=1S/C11H15N3O/c1-7-10(5-12-13-7)11(15)14-6-8-2-3-9(14)4-8/h5,8-9H,2-4,6H2,1H3,(H,12,13). The summed E-state index contributed by atoms with van der Waals surface area (Å²) in [5, 5.41) is 6.72. The first-order chi connectivity index (χ1) is 7.25. The van der Waals surface area contributed by atoms with Crippen molar-refractivity contribution in [3.8, 4) is 0 Å². The Hall–Kier alpha value is -1.32. The lowest BCUT2D eigenvalue weighted by Gasteiger charge is -2.26. The van der Waals surface area contributed by atoms with Crippen LogP contribution in [0.15, 0.2) is 6.20 Å². The van der Waals surface area contributed by atoms with E-state index in [9.17, 15) is 4.79 Å². The van der Waals surface area contributed by atoms with Gasteiger partial charge in [0.1, 0.15) is 0 Å². The highest BCUT2D eigenvalue weighted by Gasteiger charge is 2.40. The highest BCUT2D eigenvalue weighted by Crippen LogP contribution is 2.38. The Kier molecular flexibility index (Phi) is 1.84. The zero-order chi connectivity index (χ0) is 10.4. The first kappa shape index (κ1) is 8.95. The van der Waals surface area contributed by atoms with Gasteiger partial charge in [-0.1, -0.05) is 0 Å². The maximum atomic E-state index is 12.2. The van der Waals surface area contributed by atoms with Gasteiger partial charge in [-0.05, 0) is 32.1 Å². The summed E-state index contributed by atoms with van der Waals surface area (Å²) < 4.78 is 0. The molecule has 2 heterocycles. The molecule has 1 saturated carbocycles. The number of likely N-dealkylation sites (tertiary alicyclic amines) is 1. The van der Waals surface area contributed by atoms with E-state index in [1.165, 1.54) is 19.3 Å². The Bertz CT molecular complexity index is 398. The van der Waals surface area contributed by atoms with Crippen molar-refractivity contribution >= 4 is 5.91 Å². The summed E-state index contributed by atoms with van der Waals surface area (Å²) in [5.41, 5.74) is 1.62. The van der Waals surface area contributed by atoms with E-state index < -0.39 is 0 Å². The number of carbonyl (C=O) groups is 1. The molecule has 2 unspecified atom stereocenters. The summed E-state index contributed by atoms with van der Waals surface area (Å²) in [4.78, 5) is 14.2. The van der Waals surface area contributed by atoms with Crippen molar-refractivity contribution < 1.29 is 4.79 Å². The van der Waals surface area contributed by atoms with Gasteiger partial charge in [0, 0.05) is 18.3 Å². The first-order valence-corrected chi connectivity index (χ1v) is 5.56. The second-order valence-corrected chi connectivity index (χ2v) is 4.70. The van der Waals surface area contributed by atoms with Crippen LogP contribution in [-0.2, 0) is 0 Å². The minimum absolute atomic E-state index is 0.161. The van der Waals surface area contributed by atoms with Gasteiger partial charge >= 0.3 is 0 Å². The van der Waals surface area contributed by atoms with Gasteiger partial charge in [0.15, 0.2) is 0 Å². The van der Waals surface area contributed by atoms with E-state index in [2.05, 4.69) is 10.2 Å². The molecule has 2 atom stereocenters. The van der Waals surface area contributed by atoms with E-state index >= 15 is 0 Å². The average molecular weight is 205 g/mol. The van der Waals surface area contributed by atoms with E-state index in [0.717, 1.165) is 23.7 Å². The number of aryl methyl sites for hydroxylation is 1. The Morgan fingerprint density at radius 1 is 1.60 bits per heavy atom. The van der Waals surface area contributed by atoms with E-state index in [1.54, 1.807) is 6.20 Å². The van der Waals surface area contributed by atoms with Crippen LogP contribution in [0.25, 0.3) is 0 Å². The molecule has 0 aromatic carbocycles. The van der Waals surface area contributed by atoms with Crippen molar-refractivity contribution in [1.82, 2.24) is 15.1 Å². The van der Waals surface area contributed by atoms with Gasteiger partial charge in [0.25, 0.3) is 5.91 Å². The fourth-order valence-corrected chi connectivity index (χ4v) is 2.89. The second kappa shape index (κ2) is 3.08. The highest BCUT2D eigenvalue weighted by atomic mass is 16.2. The molecule has 0 radical (unpaired) electrons. The van der Waals surface area contributed by atoms with Crippen LogP contribution in [-0.4, -0.2) is 33.6 Å². The number of hydrogen-bond acceptors (Lipinski definition) is 2. The fourth-order valence-electron chi connectivity index (χ4n) is 2.89. The summed E-state index contributed by atoms with van der Waals surface area (Å²) in [5.74, 6) is 0.916. The predicted octanol–water partition coefficient (Wildman–Crippen LogP) is 1.34. The molecule has 1 aliphatic carbocycles. The molecule has 2 fully saturated rings. The van der Waals surface area contributed by atoms with Crippen LogP contribution < -0.4 is 0 Å². The van der Waals surface area contributed by atoms with Gasteiger partial charge in [-0.2, -0.15) is 5.10 Å². The molecule has 1 aromatic heterocycles. The minimum atomic E-state index is 0.161. The SMILES string of the molecule is Cc1[nH]ncc1C(=O)N1CC2CCC1C2. The van der Waals surface area contributed by atoms with Gasteiger partial charge in [-0.25, -0.2) is 0 Å². The molecule has 2 aliphatic rings. The Balaban J connectivity index is 1.84. The van der Waals surface area contributed by atoms with E-state index in [1.807, 2.05) is 11.8 Å². The predicted molar refractivity (Wildman–Crippen MR) is 55.5 cm³/mol. The van der Waals surface area contributed by atoms with Crippen LogP contribution in [0.2, 0.25) is 0 Å². The topological polar surface area (TPSA) is 49.0 Å². The van der Waals surface area contributed by atoms with Crippen molar-refractivity contribution in [2.75, 3.05) is 6.54 Å². The quantitative estimate of drug-likeness (QED) is 0.752. The normalized spacial score (nSPS) is 28.7. The third-order valence-corrected chi connectivity index (χ3v) is 3.73. The number of H-pyrrole nitrogens is 1. The summed E-state index contributed by atoms with van der Waals surface area (Å²) in [6, 6.07) is 0.497. The Morgan fingerprint density at radius 3 is 3.00 bits per heavy atom. The monoisotopic (exact) mass is 205 g/mol. The number of aromatic amines is 1. The summed E-state index contributed by atoms with van der Waals surface area (Å²) in [7, 11) is 0. The number of rotatable bonds is 1. The summed E-state index contributed by atoms with van der Waals surface area (Å²) in [6.07, 6.45) is 5.35. The van der Waals surface area contributed by atoms with Gasteiger partial charge < -0.3 is 4.90 Å². The second-order valence-electron chi connectivity index (χ2n) is 4.70. The number of amides is 1. The zero-order valence-corrected chi connectivity index (χ0v) is 8.86. The van der Waals surface area contributed by atoms with E-state index in [4.69, 9.17) is 0 Å². The molecule has 80 valence electrons. The molecule has 3 rings (SSSR count). The van der Waals surface area contributed by atoms with Crippen molar-refractivity contribution in [3.63, 3.8) is 0 Å². The van der Waals surface area contributed by atoms with Crippen LogP contribution in [0.5, 0.6) is 0 Å². The highest BCUT2D eigenvalue weighted by molar-refractivity contribution is 5.95. The molecular formula is C11H15N3O. The Labute approximate surface area is 88.7 Å². The van der Waals surface area contributed by atoms with Crippen LogP contribution in [0, 0.1) is 12.8 Å². The van der Waals surface area contributed by atoms with Crippen molar-refractivity contribution in [2.24, 2.45) is 5.92 Å². The molecule has 1 amide bonds. The lowest BCUT2D eigenvalue weighted by Crippen LogP contribution is -2.37.